The fraction of sp³-hybridized carbons (Fsp3) is 0.200. The largest absolute Gasteiger partial charge is 0.497 e. The topological polar surface area (TPSA) is 18.5 Å². The van der Waals surface area contributed by atoms with Crippen LogP contribution in [0.2, 0.25) is 0 Å². The van der Waals surface area contributed by atoms with Gasteiger partial charge in [0.15, 0.2) is 0 Å². The molecule has 88 valence electrons. The van der Waals surface area contributed by atoms with E-state index in [2.05, 4.69) is 19.1 Å². The van der Waals surface area contributed by atoms with Gasteiger partial charge in [0.25, 0.3) is 0 Å². The van der Waals surface area contributed by atoms with Gasteiger partial charge in [0.1, 0.15) is 18.1 Å². The molecule has 0 saturated carbocycles. The molecule has 17 heavy (non-hydrogen) atoms. The zero-order chi connectivity index (χ0) is 12.8. The van der Waals surface area contributed by atoms with Crippen LogP contribution in [-0.2, 0) is 4.74 Å². The summed E-state index contributed by atoms with van der Waals surface area (Å²) in [4.78, 5) is 0. The normalized spacial score (nSPS) is 9.24. The van der Waals surface area contributed by atoms with Crippen molar-refractivity contribution in [2.75, 3.05) is 13.7 Å². The second-order valence-electron chi connectivity index (χ2n) is 3.65. The molecule has 0 radical (unpaired) electrons. The summed E-state index contributed by atoms with van der Waals surface area (Å²) in [5.41, 5.74) is 2.79. The molecule has 0 unspecified atom stereocenters. The van der Waals surface area contributed by atoms with Gasteiger partial charge in [0, 0.05) is 5.56 Å². The van der Waals surface area contributed by atoms with Crippen LogP contribution in [0, 0.1) is 12.3 Å². The second-order valence-corrected chi connectivity index (χ2v) is 3.65. The third-order valence-electron chi connectivity index (χ3n) is 2.29. The van der Waals surface area contributed by atoms with Gasteiger partial charge in [-0.05, 0) is 30.7 Å². The van der Waals surface area contributed by atoms with Crippen LogP contribution in [0.3, 0.4) is 0 Å². The van der Waals surface area contributed by atoms with Crippen LogP contribution < -0.4 is 4.74 Å². The number of hydrogen-bond donors (Lipinski definition) is 0. The number of rotatable bonds is 5. The van der Waals surface area contributed by atoms with Gasteiger partial charge >= 0.3 is 0 Å². The molecule has 0 N–H and O–H groups in total. The number of hydrogen-bond acceptors (Lipinski definition) is 2. The van der Waals surface area contributed by atoms with E-state index in [9.17, 15) is 0 Å². The Balaban J connectivity index is 3.14. The van der Waals surface area contributed by atoms with Crippen molar-refractivity contribution >= 4 is 11.3 Å². The summed E-state index contributed by atoms with van der Waals surface area (Å²) in [5, 5.41) is 0. The molecule has 0 aliphatic rings. The average Bonchev–Trinajstić information content (AvgIpc) is 2.34. The third-order valence-corrected chi connectivity index (χ3v) is 2.29. The second kappa shape index (κ2) is 5.81. The molecule has 0 aliphatic carbocycles. The molecule has 0 saturated heterocycles. The molecule has 0 spiro atoms. The highest BCUT2D eigenvalue weighted by Crippen LogP contribution is 2.25. The lowest BCUT2D eigenvalue weighted by Gasteiger charge is -2.11. The van der Waals surface area contributed by atoms with E-state index >= 15 is 0 Å². The molecule has 1 aromatic carbocycles. The summed E-state index contributed by atoms with van der Waals surface area (Å²) in [6.45, 7) is 9.89. The van der Waals surface area contributed by atoms with Crippen LogP contribution in [0.15, 0.2) is 31.4 Å². The first-order valence-corrected chi connectivity index (χ1v) is 5.19. The Hall–Kier alpha value is -2.14. The van der Waals surface area contributed by atoms with Gasteiger partial charge in [-0.3, -0.25) is 0 Å². The fourth-order valence-corrected chi connectivity index (χ4v) is 1.33. The number of terminal acetylenes is 1. The molecule has 1 aromatic rings. The zero-order valence-electron chi connectivity index (χ0n) is 10.2. The standard InChI is InChI=1S/C15H16O2/c1-6-7-17-15-9-13(11(2)3)8-14(10-15)12(4)16-5/h1,8-10H,2,4,7H2,3,5H3. The van der Waals surface area contributed by atoms with E-state index in [4.69, 9.17) is 15.9 Å². The maximum atomic E-state index is 5.41. The predicted octanol–water partition coefficient (Wildman–Crippen LogP) is 3.35. The van der Waals surface area contributed by atoms with Gasteiger partial charge in [-0.1, -0.05) is 24.7 Å². The molecule has 2 nitrogen and oxygen atoms in total. The van der Waals surface area contributed by atoms with Crippen molar-refractivity contribution in [3.05, 3.63) is 42.5 Å². The summed E-state index contributed by atoms with van der Waals surface area (Å²) < 4.78 is 10.5. The maximum absolute atomic E-state index is 5.41. The first-order chi connectivity index (χ1) is 8.08. The Bertz CT molecular complexity index is 478. The fourth-order valence-electron chi connectivity index (χ4n) is 1.33. The van der Waals surface area contributed by atoms with Crippen molar-refractivity contribution in [3.8, 4) is 18.1 Å². The Labute approximate surface area is 103 Å². The Morgan fingerprint density at radius 1 is 1.29 bits per heavy atom. The van der Waals surface area contributed by atoms with E-state index in [1.807, 2.05) is 25.1 Å². The molecule has 0 amide bonds. The number of allylic oxidation sites excluding steroid dienone is 1. The van der Waals surface area contributed by atoms with Gasteiger partial charge in [-0.2, -0.15) is 0 Å². The van der Waals surface area contributed by atoms with Gasteiger partial charge in [0.05, 0.1) is 7.11 Å². The van der Waals surface area contributed by atoms with Crippen LogP contribution in [-0.4, -0.2) is 13.7 Å². The van der Waals surface area contributed by atoms with E-state index in [1.165, 1.54) is 0 Å². The van der Waals surface area contributed by atoms with Crippen molar-refractivity contribution in [1.29, 1.82) is 0 Å². The summed E-state index contributed by atoms with van der Waals surface area (Å²) >= 11 is 0. The molecular weight excluding hydrogens is 212 g/mol. The molecule has 0 fully saturated rings. The lowest BCUT2D eigenvalue weighted by atomic mass is 10.0. The Kier molecular flexibility index (Phi) is 4.42. The third kappa shape index (κ3) is 3.42. The van der Waals surface area contributed by atoms with E-state index in [0.29, 0.717) is 11.5 Å². The summed E-state index contributed by atoms with van der Waals surface area (Å²) in [5.74, 6) is 3.70. The summed E-state index contributed by atoms with van der Waals surface area (Å²) in [6, 6.07) is 5.69. The smallest absolute Gasteiger partial charge is 0.148 e. The first-order valence-electron chi connectivity index (χ1n) is 5.19. The van der Waals surface area contributed by atoms with Crippen molar-refractivity contribution in [3.63, 3.8) is 0 Å². The van der Waals surface area contributed by atoms with E-state index in [-0.39, 0.29) is 6.61 Å². The molecule has 2 heteroatoms. The van der Waals surface area contributed by atoms with Gasteiger partial charge in [0.2, 0.25) is 0 Å². The van der Waals surface area contributed by atoms with Crippen molar-refractivity contribution in [1.82, 2.24) is 0 Å². The number of methoxy groups -OCH3 is 1. The predicted molar refractivity (Wildman–Crippen MR) is 71.5 cm³/mol. The SMILES string of the molecule is C#CCOc1cc(C(=C)C)cc(C(=C)OC)c1. The van der Waals surface area contributed by atoms with Gasteiger partial charge < -0.3 is 9.47 Å². The average molecular weight is 228 g/mol. The van der Waals surface area contributed by atoms with E-state index < -0.39 is 0 Å². The molecule has 0 heterocycles. The van der Waals surface area contributed by atoms with Crippen LogP contribution >= 0.6 is 0 Å². The molecule has 0 aromatic heterocycles. The zero-order valence-corrected chi connectivity index (χ0v) is 10.2. The molecular formula is C15H16O2. The molecule has 1 rings (SSSR count). The highest BCUT2D eigenvalue weighted by molar-refractivity contribution is 5.69. The highest BCUT2D eigenvalue weighted by Gasteiger charge is 2.05. The van der Waals surface area contributed by atoms with Crippen molar-refractivity contribution in [2.45, 2.75) is 6.92 Å². The lowest BCUT2D eigenvalue weighted by molar-refractivity contribution is 0.364. The number of ether oxygens (including phenoxy) is 2. The van der Waals surface area contributed by atoms with Crippen molar-refractivity contribution < 1.29 is 9.47 Å². The number of benzene rings is 1. The van der Waals surface area contributed by atoms with E-state index in [0.717, 1.165) is 16.7 Å². The van der Waals surface area contributed by atoms with Crippen LogP contribution in [0.4, 0.5) is 0 Å². The summed E-state index contributed by atoms with van der Waals surface area (Å²) in [7, 11) is 1.58. The molecule has 0 bridgehead atoms. The first kappa shape index (κ1) is 12.9. The lowest BCUT2D eigenvalue weighted by Crippen LogP contribution is -1.96. The molecule has 0 atom stereocenters. The minimum Gasteiger partial charge on any atom is -0.497 e. The minimum absolute atomic E-state index is 0.235. The molecule has 0 aliphatic heterocycles. The van der Waals surface area contributed by atoms with E-state index in [1.54, 1.807) is 7.11 Å². The summed E-state index contributed by atoms with van der Waals surface area (Å²) in [6.07, 6.45) is 5.16. The minimum atomic E-state index is 0.235. The Morgan fingerprint density at radius 3 is 2.47 bits per heavy atom. The van der Waals surface area contributed by atoms with Gasteiger partial charge in [-0.15, -0.1) is 6.42 Å². The van der Waals surface area contributed by atoms with Crippen LogP contribution in [0.25, 0.3) is 11.3 Å². The Morgan fingerprint density at radius 2 is 1.94 bits per heavy atom. The van der Waals surface area contributed by atoms with Crippen LogP contribution in [0.1, 0.15) is 18.1 Å². The highest BCUT2D eigenvalue weighted by atomic mass is 16.5. The maximum Gasteiger partial charge on any atom is 0.148 e. The quantitative estimate of drug-likeness (QED) is 0.568. The van der Waals surface area contributed by atoms with Crippen LogP contribution in [0.5, 0.6) is 5.75 Å². The van der Waals surface area contributed by atoms with Crippen molar-refractivity contribution in [2.24, 2.45) is 0 Å². The monoisotopic (exact) mass is 228 g/mol. The van der Waals surface area contributed by atoms with Gasteiger partial charge in [-0.25, -0.2) is 0 Å².